The van der Waals surface area contributed by atoms with Gasteiger partial charge in [-0.05, 0) is 48.5 Å². The average molecular weight is 653 g/mol. The molecule has 2 saturated heterocycles. The van der Waals surface area contributed by atoms with Crippen LogP contribution in [-0.4, -0.2) is 72.3 Å². The van der Waals surface area contributed by atoms with Crippen molar-refractivity contribution in [2.24, 2.45) is 0 Å². The number of aromatic nitrogens is 4. The lowest BCUT2D eigenvalue weighted by Crippen LogP contribution is -2.44. The predicted octanol–water partition coefficient (Wildman–Crippen LogP) is 5.97. The molecular formula is C36H32F4N8. The standard InChI is InChI=1S/2C18H16F2N4/c2*19-12-5-6-13(15(20)11-12)17-22-16-4-2-1-3-14(16)18(23-17)24-9-7-21-8-10-24/h2*1-6,11,21H,7-10H2. The molecule has 8 nitrogen and oxygen atoms in total. The Hall–Kier alpha value is -5.20. The first-order valence-corrected chi connectivity index (χ1v) is 15.8. The van der Waals surface area contributed by atoms with Crippen LogP contribution in [-0.2, 0) is 0 Å². The summed E-state index contributed by atoms with van der Waals surface area (Å²) in [6.07, 6.45) is 0. The highest BCUT2D eigenvalue weighted by atomic mass is 19.1. The monoisotopic (exact) mass is 652 g/mol. The van der Waals surface area contributed by atoms with E-state index in [0.717, 1.165) is 97.9 Å². The molecule has 0 unspecified atom stereocenters. The van der Waals surface area contributed by atoms with E-state index in [1.165, 1.54) is 24.3 Å². The van der Waals surface area contributed by atoms with E-state index < -0.39 is 23.3 Å². The van der Waals surface area contributed by atoms with Gasteiger partial charge in [-0.3, -0.25) is 0 Å². The molecule has 2 aliphatic rings. The van der Waals surface area contributed by atoms with Crippen LogP contribution in [0, 0.1) is 23.3 Å². The summed E-state index contributed by atoms with van der Waals surface area (Å²) in [5.41, 5.74) is 1.91. The molecular weight excluding hydrogens is 620 g/mol. The molecule has 48 heavy (non-hydrogen) atoms. The molecule has 12 heteroatoms. The van der Waals surface area contributed by atoms with E-state index in [4.69, 9.17) is 0 Å². The van der Waals surface area contributed by atoms with Crippen molar-refractivity contribution < 1.29 is 17.6 Å². The summed E-state index contributed by atoms with van der Waals surface area (Å²) in [6, 6.07) is 22.3. The molecule has 0 aliphatic carbocycles. The number of nitrogens with one attached hydrogen (secondary N) is 2. The van der Waals surface area contributed by atoms with Crippen molar-refractivity contribution in [3.05, 3.63) is 108 Å². The zero-order valence-corrected chi connectivity index (χ0v) is 25.9. The lowest BCUT2D eigenvalue weighted by molar-refractivity contribution is 0.582. The van der Waals surface area contributed by atoms with Crippen LogP contribution in [0.3, 0.4) is 0 Å². The third-order valence-corrected chi connectivity index (χ3v) is 8.34. The fourth-order valence-corrected chi connectivity index (χ4v) is 5.94. The first-order valence-electron chi connectivity index (χ1n) is 15.8. The molecule has 0 saturated carbocycles. The van der Waals surface area contributed by atoms with E-state index in [1.54, 1.807) is 0 Å². The second-order valence-electron chi connectivity index (χ2n) is 11.5. The Bertz CT molecular complexity index is 1930. The van der Waals surface area contributed by atoms with Crippen LogP contribution in [0.1, 0.15) is 0 Å². The van der Waals surface area contributed by atoms with E-state index in [-0.39, 0.29) is 22.8 Å². The highest BCUT2D eigenvalue weighted by Gasteiger charge is 2.20. The Kier molecular flexibility index (Phi) is 9.08. The van der Waals surface area contributed by atoms with E-state index in [2.05, 4.69) is 40.4 Å². The van der Waals surface area contributed by atoms with Crippen LogP contribution in [0.5, 0.6) is 0 Å². The number of piperazine rings is 2. The topological polar surface area (TPSA) is 82.1 Å². The van der Waals surface area contributed by atoms with Gasteiger partial charge in [0, 0.05) is 75.3 Å². The molecule has 4 aromatic carbocycles. The number of nitrogens with zero attached hydrogens (tertiary/aromatic N) is 6. The van der Waals surface area contributed by atoms with E-state index in [9.17, 15) is 17.6 Å². The molecule has 0 atom stereocenters. The number of halogens is 4. The zero-order valence-electron chi connectivity index (χ0n) is 25.9. The summed E-state index contributed by atoms with van der Waals surface area (Å²) in [5, 5.41) is 8.49. The normalized spacial score (nSPS) is 15.0. The van der Waals surface area contributed by atoms with E-state index in [1.807, 2.05) is 48.5 Å². The molecule has 2 fully saturated rings. The van der Waals surface area contributed by atoms with Gasteiger partial charge >= 0.3 is 0 Å². The molecule has 0 amide bonds. The number of fused-ring (bicyclic) bond motifs is 2. The number of hydrogen-bond acceptors (Lipinski definition) is 8. The van der Waals surface area contributed by atoms with Gasteiger partial charge in [0.25, 0.3) is 0 Å². The van der Waals surface area contributed by atoms with E-state index >= 15 is 0 Å². The van der Waals surface area contributed by atoms with Crippen molar-refractivity contribution in [3.8, 4) is 22.8 Å². The third-order valence-electron chi connectivity index (χ3n) is 8.34. The summed E-state index contributed by atoms with van der Waals surface area (Å²) in [7, 11) is 0. The van der Waals surface area contributed by atoms with Crippen molar-refractivity contribution in [2.45, 2.75) is 0 Å². The fourth-order valence-electron chi connectivity index (χ4n) is 5.94. The molecule has 0 radical (unpaired) electrons. The molecule has 2 N–H and O–H groups in total. The average Bonchev–Trinajstić information content (AvgIpc) is 3.12. The maximum Gasteiger partial charge on any atom is 0.165 e. The molecule has 244 valence electrons. The number of anilines is 2. The summed E-state index contributed by atoms with van der Waals surface area (Å²) in [6.45, 7) is 6.80. The van der Waals surface area contributed by atoms with Crippen LogP contribution in [0.4, 0.5) is 29.2 Å². The maximum atomic E-state index is 14.2. The van der Waals surface area contributed by atoms with Gasteiger partial charge < -0.3 is 20.4 Å². The van der Waals surface area contributed by atoms with Crippen LogP contribution in [0.15, 0.2) is 84.9 Å². The third kappa shape index (κ3) is 6.62. The molecule has 6 aromatic rings. The summed E-state index contributed by atoms with van der Waals surface area (Å²) < 4.78 is 54.7. The van der Waals surface area contributed by atoms with Gasteiger partial charge in [-0.2, -0.15) is 0 Å². The van der Waals surface area contributed by atoms with Gasteiger partial charge in [0.15, 0.2) is 11.6 Å². The van der Waals surface area contributed by atoms with Gasteiger partial charge in [0.1, 0.15) is 34.9 Å². The summed E-state index contributed by atoms with van der Waals surface area (Å²) >= 11 is 0. The number of benzene rings is 4. The summed E-state index contributed by atoms with van der Waals surface area (Å²) in [5.74, 6) is -0.395. The quantitative estimate of drug-likeness (QED) is 0.226. The molecule has 4 heterocycles. The molecule has 2 aromatic heterocycles. The van der Waals surface area contributed by atoms with Crippen molar-refractivity contribution in [2.75, 3.05) is 62.2 Å². The SMILES string of the molecule is Fc1ccc(-c2nc(N3CCNCC3)c3ccccc3n2)c(F)c1.Fc1ccc(-c2nc(N3CCNCC3)c3ccccc3n2)c(F)c1. The van der Waals surface area contributed by atoms with Crippen LogP contribution in [0.25, 0.3) is 44.6 Å². The second-order valence-corrected chi connectivity index (χ2v) is 11.5. The molecule has 8 rings (SSSR count). The van der Waals surface area contributed by atoms with Crippen LogP contribution >= 0.6 is 0 Å². The zero-order chi connectivity index (χ0) is 33.0. The Balaban J connectivity index is 0.000000152. The van der Waals surface area contributed by atoms with Crippen molar-refractivity contribution >= 4 is 33.4 Å². The second kappa shape index (κ2) is 13.9. The van der Waals surface area contributed by atoms with Gasteiger partial charge in [-0.15, -0.1) is 0 Å². The molecule has 2 aliphatic heterocycles. The van der Waals surface area contributed by atoms with Gasteiger partial charge in [-0.25, -0.2) is 37.5 Å². The number of para-hydroxylation sites is 2. The van der Waals surface area contributed by atoms with Crippen LogP contribution in [0.2, 0.25) is 0 Å². The number of rotatable bonds is 4. The van der Waals surface area contributed by atoms with Gasteiger partial charge in [-0.1, -0.05) is 24.3 Å². The Morgan fingerprint density at radius 1 is 0.479 bits per heavy atom. The molecule has 0 spiro atoms. The lowest BCUT2D eigenvalue weighted by Gasteiger charge is -2.29. The minimum atomic E-state index is -0.656. The maximum absolute atomic E-state index is 14.2. The first kappa shape index (κ1) is 31.4. The van der Waals surface area contributed by atoms with Crippen molar-refractivity contribution in [1.82, 2.24) is 30.6 Å². The lowest BCUT2D eigenvalue weighted by atomic mass is 10.1. The van der Waals surface area contributed by atoms with Crippen molar-refractivity contribution in [1.29, 1.82) is 0 Å². The Morgan fingerprint density at radius 2 is 0.875 bits per heavy atom. The van der Waals surface area contributed by atoms with Crippen molar-refractivity contribution in [3.63, 3.8) is 0 Å². The highest BCUT2D eigenvalue weighted by molar-refractivity contribution is 5.92. The smallest absolute Gasteiger partial charge is 0.165 e. The van der Waals surface area contributed by atoms with Gasteiger partial charge in [0.05, 0.1) is 22.2 Å². The Labute approximate surface area is 274 Å². The highest BCUT2D eigenvalue weighted by Crippen LogP contribution is 2.30. The minimum absolute atomic E-state index is 0.207. The van der Waals surface area contributed by atoms with Crippen LogP contribution < -0.4 is 20.4 Å². The minimum Gasteiger partial charge on any atom is -0.353 e. The summed E-state index contributed by atoms with van der Waals surface area (Å²) in [4.78, 5) is 22.5. The fraction of sp³-hybridized carbons (Fsp3) is 0.222. The largest absolute Gasteiger partial charge is 0.353 e. The first-order chi connectivity index (χ1) is 23.4. The Morgan fingerprint density at radius 3 is 1.27 bits per heavy atom. The van der Waals surface area contributed by atoms with E-state index in [0.29, 0.717) is 0 Å². The number of hydrogen-bond donors (Lipinski definition) is 2. The molecule has 0 bridgehead atoms. The predicted molar refractivity (Wildman–Crippen MR) is 180 cm³/mol. The van der Waals surface area contributed by atoms with Gasteiger partial charge in [0.2, 0.25) is 0 Å².